The summed E-state index contributed by atoms with van der Waals surface area (Å²) in [6.45, 7) is 0.133. The molecule has 0 saturated carbocycles. The standard InChI is InChI=1S/C15H17N3O3S/c1-22(20,21)18(11-12-7-3-2-4-8-12)14-10-6-5-9-13(14)15(19)17-16/h2-10H,11,16H2,1H3,(H,17,19). The van der Waals surface area contributed by atoms with Gasteiger partial charge in [0.25, 0.3) is 5.91 Å². The molecule has 22 heavy (non-hydrogen) atoms. The van der Waals surface area contributed by atoms with Crippen LogP contribution in [0.25, 0.3) is 0 Å². The molecule has 0 aromatic heterocycles. The topological polar surface area (TPSA) is 92.5 Å². The third kappa shape index (κ3) is 3.63. The Kier molecular flexibility index (Phi) is 4.79. The Labute approximate surface area is 129 Å². The summed E-state index contributed by atoms with van der Waals surface area (Å²) in [5.41, 5.74) is 3.34. The normalized spacial score (nSPS) is 11.0. The van der Waals surface area contributed by atoms with Gasteiger partial charge in [0.05, 0.1) is 24.1 Å². The summed E-state index contributed by atoms with van der Waals surface area (Å²) in [6, 6.07) is 15.6. The Morgan fingerprint density at radius 2 is 1.68 bits per heavy atom. The fourth-order valence-electron chi connectivity index (χ4n) is 2.09. The van der Waals surface area contributed by atoms with Gasteiger partial charge in [-0.3, -0.25) is 14.5 Å². The molecule has 7 heteroatoms. The summed E-state index contributed by atoms with van der Waals surface area (Å²) in [7, 11) is -3.57. The Morgan fingerprint density at radius 1 is 1.09 bits per heavy atom. The van der Waals surface area contributed by atoms with Crippen molar-refractivity contribution in [2.75, 3.05) is 10.6 Å². The zero-order chi connectivity index (χ0) is 16.2. The van der Waals surface area contributed by atoms with Crippen LogP contribution in [0.15, 0.2) is 54.6 Å². The molecule has 0 aliphatic heterocycles. The largest absolute Gasteiger partial charge is 0.290 e. The molecule has 0 saturated heterocycles. The number of hydrogen-bond acceptors (Lipinski definition) is 4. The number of amides is 1. The van der Waals surface area contributed by atoms with Crippen molar-refractivity contribution in [3.8, 4) is 0 Å². The first kappa shape index (κ1) is 16.0. The van der Waals surface area contributed by atoms with E-state index < -0.39 is 15.9 Å². The molecule has 0 aliphatic rings. The molecule has 0 heterocycles. The molecular formula is C15H17N3O3S. The van der Waals surface area contributed by atoms with Gasteiger partial charge in [-0.05, 0) is 17.7 Å². The van der Waals surface area contributed by atoms with E-state index in [9.17, 15) is 13.2 Å². The number of nitrogens with one attached hydrogen (secondary N) is 1. The van der Waals surface area contributed by atoms with Crippen molar-refractivity contribution in [2.24, 2.45) is 5.84 Å². The van der Waals surface area contributed by atoms with Crippen LogP contribution < -0.4 is 15.6 Å². The predicted octanol–water partition coefficient (Wildman–Crippen LogP) is 1.26. The lowest BCUT2D eigenvalue weighted by molar-refractivity contribution is 0.0954. The maximum absolute atomic E-state index is 12.2. The number of carbonyl (C=O) groups excluding carboxylic acids is 1. The number of rotatable bonds is 5. The highest BCUT2D eigenvalue weighted by atomic mass is 32.2. The van der Waals surface area contributed by atoms with Gasteiger partial charge in [0.2, 0.25) is 10.0 Å². The van der Waals surface area contributed by atoms with Crippen LogP contribution in [0.4, 0.5) is 5.69 Å². The van der Waals surface area contributed by atoms with Crippen LogP contribution in [0.3, 0.4) is 0 Å². The van der Waals surface area contributed by atoms with Crippen LogP contribution >= 0.6 is 0 Å². The van der Waals surface area contributed by atoms with E-state index in [0.29, 0.717) is 0 Å². The van der Waals surface area contributed by atoms with Gasteiger partial charge in [0.1, 0.15) is 0 Å². The van der Waals surface area contributed by atoms with Gasteiger partial charge in [-0.1, -0.05) is 42.5 Å². The highest BCUT2D eigenvalue weighted by Gasteiger charge is 2.22. The number of hydrazine groups is 1. The maximum atomic E-state index is 12.2. The van der Waals surface area contributed by atoms with Gasteiger partial charge in [-0.15, -0.1) is 0 Å². The first-order valence-corrected chi connectivity index (χ1v) is 8.40. The molecule has 3 N–H and O–H groups in total. The van der Waals surface area contributed by atoms with Gasteiger partial charge in [-0.25, -0.2) is 14.3 Å². The monoisotopic (exact) mass is 319 g/mol. The lowest BCUT2D eigenvalue weighted by Crippen LogP contribution is -2.34. The molecule has 0 radical (unpaired) electrons. The minimum atomic E-state index is -3.57. The lowest BCUT2D eigenvalue weighted by Gasteiger charge is -2.24. The quantitative estimate of drug-likeness (QED) is 0.493. The fraction of sp³-hybridized carbons (Fsp3) is 0.133. The lowest BCUT2D eigenvalue weighted by atomic mass is 10.1. The molecule has 2 aromatic rings. The average Bonchev–Trinajstić information content (AvgIpc) is 2.52. The molecule has 0 unspecified atom stereocenters. The van der Waals surface area contributed by atoms with E-state index in [1.54, 1.807) is 18.2 Å². The highest BCUT2D eigenvalue weighted by molar-refractivity contribution is 7.92. The Morgan fingerprint density at radius 3 is 2.27 bits per heavy atom. The Bertz CT molecular complexity index is 761. The van der Waals surface area contributed by atoms with Gasteiger partial charge in [0.15, 0.2) is 0 Å². The third-order valence-electron chi connectivity index (χ3n) is 3.12. The number of benzene rings is 2. The Balaban J connectivity index is 2.50. The number of hydrogen-bond donors (Lipinski definition) is 2. The zero-order valence-electron chi connectivity index (χ0n) is 12.1. The third-order valence-corrected chi connectivity index (χ3v) is 4.24. The molecule has 0 aliphatic carbocycles. The summed E-state index contributed by atoms with van der Waals surface area (Å²) < 4.78 is 25.5. The predicted molar refractivity (Wildman–Crippen MR) is 85.6 cm³/mol. The second kappa shape index (κ2) is 6.59. The average molecular weight is 319 g/mol. The van der Waals surface area contributed by atoms with Crippen molar-refractivity contribution < 1.29 is 13.2 Å². The zero-order valence-corrected chi connectivity index (χ0v) is 12.9. The molecule has 2 rings (SSSR count). The maximum Gasteiger partial charge on any atom is 0.267 e. The molecule has 6 nitrogen and oxygen atoms in total. The number of sulfonamides is 1. The molecule has 2 aromatic carbocycles. The summed E-state index contributed by atoms with van der Waals surface area (Å²) in [6.07, 6.45) is 1.10. The molecular weight excluding hydrogens is 302 g/mol. The first-order valence-electron chi connectivity index (χ1n) is 6.55. The molecule has 0 fully saturated rings. The van der Waals surface area contributed by atoms with Crippen LogP contribution in [0.2, 0.25) is 0 Å². The first-order chi connectivity index (χ1) is 10.4. The van der Waals surface area contributed by atoms with E-state index in [-0.39, 0.29) is 17.8 Å². The van der Waals surface area contributed by atoms with Crippen LogP contribution in [-0.4, -0.2) is 20.6 Å². The van der Waals surface area contributed by atoms with Crippen LogP contribution in [0.5, 0.6) is 0 Å². The number of para-hydroxylation sites is 1. The second-order valence-electron chi connectivity index (χ2n) is 4.75. The molecule has 1 amide bonds. The van der Waals surface area contributed by atoms with E-state index in [1.807, 2.05) is 35.8 Å². The van der Waals surface area contributed by atoms with Gasteiger partial charge >= 0.3 is 0 Å². The number of carbonyl (C=O) groups is 1. The van der Waals surface area contributed by atoms with Crippen LogP contribution in [-0.2, 0) is 16.6 Å². The van der Waals surface area contributed by atoms with Crippen molar-refractivity contribution in [2.45, 2.75) is 6.54 Å². The van der Waals surface area contributed by atoms with Crippen molar-refractivity contribution in [3.63, 3.8) is 0 Å². The van der Waals surface area contributed by atoms with E-state index in [0.717, 1.165) is 11.8 Å². The highest BCUT2D eigenvalue weighted by Crippen LogP contribution is 2.25. The van der Waals surface area contributed by atoms with Crippen LogP contribution in [0, 0.1) is 0 Å². The van der Waals surface area contributed by atoms with Gasteiger partial charge in [0, 0.05) is 0 Å². The smallest absolute Gasteiger partial charge is 0.267 e. The summed E-state index contributed by atoms with van der Waals surface area (Å²) >= 11 is 0. The number of anilines is 1. The van der Waals surface area contributed by atoms with Crippen molar-refractivity contribution in [3.05, 3.63) is 65.7 Å². The van der Waals surface area contributed by atoms with Crippen molar-refractivity contribution in [1.82, 2.24) is 5.43 Å². The minimum absolute atomic E-state index is 0.133. The number of nitrogens with two attached hydrogens (primary N) is 1. The minimum Gasteiger partial charge on any atom is -0.290 e. The van der Waals surface area contributed by atoms with Crippen molar-refractivity contribution >= 4 is 21.6 Å². The molecule has 0 bridgehead atoms. The fourth-order valence-corrected chi connectivity index (χ4v) is 2.99. The molecule has 0 atom stereocenters. The molecule has 116 valence electrons. The Hall–Kier alpha value is -2.38. The van der Waals surface area contributed by atoms with E-state index in [1.165, 1.54) is 10.4 Å². The van der Waals surface area contributed by atoms with Gasteiger partial charge < -0.3 is 0 Å². The van der Waals surface area contributed by atoms with Gasteiger partial charge in [-0.2, -0.15) is 0 Å². The molecule has 0 spiro atoms. The summed E-state index contributed by atoms with van der Waals surface area (Å²) in [5.74, 6) is 4.62. The van der Waals surface area contributed by atoms with Crippen molar-refractivity contribution in [1.29, 1.82) is 0 Å². The number of nitrogens with zero attached hydrogens (tertiary/aromatic N) is 1. The summed E-state index contributed by atoms with van der Waals surface area (Å²) in [5, 5.41) is 0. The van der Waals surface area contributed by atoms with E-state index in [4.69, 9.17) is 5.84 Å². The SMILES string of the molecule is CS(=O)(=O)N(Cc1ccccc1)c1ccccc1C(=O)NN. The van der Waals surface area contributed by atoms with E-state index in [2.05, 4.69) is 0 Å². The van der Waals surface area contributed by atoms with Crippen LogP contribution in [0.1, 0.15) is 15.9 Å². The van der Waals surface area contributed by atoms with E-state index >= 15 is 0 Å². The second-order valence-corrected chi connectivity index (χ2v) is 6.65. The number of nitrogen functional groups attached to an aromatic ring is 1. The summed E-state index contributed by atoms with van der Waals surface area (Å²) in [4.78, 5) is 11.9.